The fourth-order valence-corrected chi connectivity index (χ4v) is 0.680. The van der Waals surface area contributed by atoms with Crippen molar-refractivity contribution in [1.82, 2.24) is 4.98 Å². The van der Waals surface area contributed by atoms with Crippen LogP contribution in [0.25, 0.3) is 0 Å². The maximum absolute atomic E-state index is 11.0. The van der Waals surface area contributed by atoms with Gasteiger partial charge in [-0.1, -0.05) is 0 Å². The summed E-state index contributed by atoms with van der Waals surface area (Å²) in [5.74, 6) is -0.227. The molecule has 3 nitrogen and oxygen atoms in total. The number of aromatic nitrogens is 1. The molecule has 0 amide bonds. The van der Waals surface area contributed by atoms with E-state index >= 15 is 0 Å². The highest BCUT2D eigenvalue weighted by Crippen LogP contribution is 1.97. The Labute approximate surface area is 64.0 Å². The van der Waals surface area contributed by atoms with E-state index < -0.39 is 0 Å². The van der Waals surface area contributed by atoms with Crippen molar-refractivity contribution in [2.45, 2.75) is 0 Å². The topological polar surface area (TPSA) is 50.2 Å². The van der Waals surface area contributed by atoms with Crippen LogP contribution in [0.5, 0.6) is 0 Å². The summed E-state index contributed by atoms with van der Waals surface area (Å²) in [5.41, 5.74) is 0.519. The zero-order chi connectivity index (χ0) is 8.10. The normalized spacial score (nSPS) is 10.2. The number of rotatable bonds is 2. The SMILES string of the molecule is O=C(C=CO)c1ccncc1. The highest BCUT2D eigenvalue weighted by atomic mass is 16.2. The molecule has 1 heterocycles. The van der Waals surface area contributed by atoms with Crippen molar-refractivity contribution in [2.75, 3.05) is 0 Å². The molecule has 0 saturated carbocycles. The monoisotopic (exact) mass is 149 g/mol. The Balaban J connectivity index is 2.86. The van der Waals surface area contributed by atoms with Crippen molar-refractivity contribution in [3.63, 3.8) is 0 Å². The lowest BCUT2D eigenvalue weighted by atomic mass is 10.2. The average molecular weight is 149 g/mol. The first-order valence-electron chi connectivity index (χ1n) is 3.09. The summed E-state index contributed by atoms with van der Waals surface area (Å²) in [6, 6.07) is 3.17. The number of carbonyl (C=O) groups excluding carboxylic acids is 1. The average Bonchev–Trinajstić information content (AvgIpc) is 2.07. The van der Waals surface area contributed by atoms with E-state index in [1.54, 1.807) is 12.1 Å². The number of carbonyl (C=O) groups is 1. The summed E-state index contributed by atoms with van der Waals surface area (Å²) in [6.07, 6.45) is 4.87. The summed E-state index contributed by atoms with van der Waals surface area (Å²) in [7, 11) is 0. The zero-order valence-corrected chi connectivity index (χ0v) is 5.77. The van der Waals surface area contributed by atoms with Crippen LogP contribution in [0.15, 0.2) is 36.9 Å². The molecule has 0 saturated heterocycles. The molecule has 1 rings (SSSR count). The van der Waals surface area contributed by atoms with E-state index in [9.17, 15) is 4.79 Å². The first-order chi connectivity index (χ1) is 5.34. The molecule has 0 aliphatic carbocycles. The standard InChI is InChI=1S/C8H7NO2/c10-6-3-8(11)7-1-4-9-5-2-7/h1-6,10H. The van der Waals surface area contributed by atoms with E-state index in [4.69, 9.17) is 5.11 Å². The van der Waals surface area contributed by atoms with Gasteiger partial charge in [0.05, 0.1) is 6.26 Å². The molecule has 11 heavy (non-hydrogen) atoms. The first-order valence-corrected chi connectivity index (χ1v) is 3.09. The van der Waals surface area contributed by atoms with Gasteiger partial charge in [0.15, 0.2) is 5.78 Å². The Morgan fingerprint density at radius 3 is 2.64 bits per heavy atom. The van der Waals surface area contributed by atoms with Crippen molar-refractivity contribution in [3.8, 4) is 0 Å². The van der Waals surface area contributed by atoms with Crippen LogP contribution in [0.3, 0.4) is 0 Å². The van der Waals surface area contributed by atoms with Crippen LogP contribution in [-0.2, 0) is 0 Å². The van der Waals surface area contributed by atoms with Crippen LogP contribution in [0.1, 0.15) is 10.4 Å². The lowest BCUT2D eigenvalue weighted by molar-refractivity contribution is 0.104. The van der Waals surface area contributed by atoms with E-state index in [2.05, 4.69) is 4.98 Å². The predicted octanol–water partition coefficient (Wildman–Crippen LogP) is 1.34. The summed E-state index contributed by atoms with van der Waals surface area (Å²) in [6.45, 7) is 0. The van der Waals surface area contributed by atoms with Gasteiger partial charge in [0, 0.05) is 24.0 Å². The zero-order valence-electron chi connectivity index (χ0n) is 5.77. The number of hydrogen-bond acceptors (Lipinski definition) is 3. The number of hydrogen-bond donors (Lipinski definition) is 1. The summed E-state index contributed by atoms with van der Waals surface area (Å²) in [5, 5.41) is 8.28. The Hall–Kier alpha value is -1.64. The third kappa shape index (κ3) is 1.89. The Bertz CT molecular complexity index is 267. The molecule has 0 aliphatic rings. The van der Waals surface area contributed by atoms with Gasteiger partial charge >= 0.3 is 0 Å². The molecule has 1 aromatic heterocycles. The van der Waals surface area contributed by atoms with E-state index in [1.165, 1.54) is 12.4 Å². The van der Waals surface area contributed by atoms with Gasteiger partial charge in [0.1, 0.15) is 0 Å². The molecule has 0 spiro atoms. The van der Waals surface area contributed by atoms with E-state index in [0.29, 0.717) is 5.56 Å². The minimum Gasteiger partial charge on any atom is -0.515 e. The number of allylic oxidation sites excluding steroid dienone is 1. The molecule has 0 bridgehead atoms. The van der Waals surface area contributed by atoms with Gasteiger partial charge in [-0.2, -0.15) is 0 Å². The van der Waals surface area contributed by atoms with Gasteiger partial charge in [-0.25, -0.2) is 0 Å². The number of ketones is 1. The number of aliphatic hydroxyl groups excluding tert-OH is 1. The quantitative estimate of drug-likeness (QED) is 0.392. The summed E-state index contributed by atoms with van der Waals surface area (Å²) >= 11 is 0. The van der Waals surface area contributed by atoms with Gasteiger partial charge in [0.25, 0.3) is 0 Å². The lowest BCUT2D eigenvalue weighted by Gasteiger charge is -1.90. The minimum absolute atomic E-state index is 0.227. The lowest BCUT2D eigenvalue weighted by Crippen LogP contribution is -1.93. The Morgan fingerprint density at radius 2 is 2.09 bits per heavy atom. The highest BCUT2D eigenvalue weighted by Gasteiger charge is 1.98. The Kier molecular flexibility index (Phi) is 2.38. The van der Waals surface area contributed by atoms with Crippen LogP contribution < -0.4 is 0 Å². The van der Waals surface area contributed by atoms with Crippen molar-refractivity contribution in [3.05, 3.63) is 42.4 Å². The smallest absolute Gasteiger partial charge is 0.188 e. The third-order valence-corrected chi connectivity index (χ3v) is 1.19. The molecule has 56 valence electrons. The van der Waals surface area contributed by atoms with Gasteiger partial charge in [-0.05, 0) is 12.1 Å². The number of aliphatic hydroxyl groups is 1. The van der Waals surface area contributed by atoms with E-state index in [1.807, 2.05) is 0 Å². The molecule has 0 aliphatic heterocycles. The molecule has 0 fully saturated rings. The molecule has 1 aromatic rings. The minimum atomic E-state index is -0.227. The van der Waals surface area contributed by atoms with Crippen molar-refractivity contribution < 1.29 is 9.90 Å². The van der Waals surface area contributed by atoms with Gasteiger partial charge in [-0.15, -0.1) is 0 Å². The molecule has 0 atom stereocenters. The second-order valence-electron chi connectivity index (χ2n) is 1.92. The number of pyridine rings is 1. The number of nitrogens with zero attached hydrogens (tertiary/aromatic N) is 1. The van der Waals surface area contributed by atoms with Crippen molar-refractivity contribution in [1.29, 1.82) is 0 Å². The molecule has 1 N–H and O–H groups in total. The highest BCUT2D eigenvalue weighted by molar-refractivity contribution is 6.04. The van der Waals surface area contributed by atoms with Crippen LogP contribution in [0.2, 0.25) is 0 Å². The fourth-order valence-electron chi connectivity index (χ4n) is 0.680. The summed E-state index contributed by atoms with van der Waals surface area (Å²) < 4.78 is 0. The molecule has 0 aromatic carbocycles. The van der Waals surface area contributed by atoms with Crippen LogP contribution in [-0.4, -0.2) is 15.9 Å². The third-order valence-electron chi connectivity index (χ3n) is 1.19. The fraction of sp³-hybridized carbons (Fsp3) is 0. The first kappa shape index (κ1) is 7.47. The second kappa shape index (κ2) is 3.51. The van der Waals surface area contributed by atoms with Crippen LogP contribution in [0, 0.1) is 0 Å². The molecular formula is C8H7NO2. The molecule has 0 radical (unpaired) electrons. The van der Waals surface area contributed by atoms with Crippen LogP contribution >= 0.6 is 0 Å². The van der Waals surface area contributed by atoms with Crippen molar-refractivity contribution in [2.24, 2.45) is 0 Å². The van der Waals surface area contributed by atoms with E-state index in [-0.39, 0.29) is 5.78 Å². The largest absolute Gasteiger partial charge is 0.515 e. The summed E-state index contributed by atoms with van der Waals surface area (Å²) in [4.78, 5) is 14.7. The van der Waals surface area contributed by atoms with Crippen LogP contribution in [0.4, 0.5) is 0 Å². The Morgan fingerprint density at radius 1 is 1.45 bits per heavy atom. The molecular weight excluding hydrogens is 142 g/mol. The van der Waals surface area contributed by atoms with Gasteiger partial charge in [-0.3, -0.25) is 9.78 Å². The van der Waals surface area contributed by atoms with Gasteiger partial charge < -0.3 is 5.11 Å². The maximum atomic E-state index is 11.0. The predicted molar refractivity (Wildman–Crippen MR) is 40.3 cm³/mol. The second-order valence-corrected chi connectivity index (χ2v) is 1.92. The molecule has 0 unspecified atom stereocenters. The van der Waals surface area contributed by atoms with Gasteiger partial charge in [0.2, 0.25) is 0 Å². The maximum Gasteiger partial charge on any atom is 0.188 e. The van der Waals surface area contributed by atoms with E-state index in [0.717, 1.165) is 12.3 Å². The molecule has 3 heteroatoms. The van der Waals surface area contributed by atoms with Crippen molar-refractivity contribution >= 4 is 5.78 Å².